The lowest BCUT2D eigenvalue weighted by molar-refractivity contribution is -0.131. The maximum atomic E-state index is 11.1. The van der Waals surface area contributed by atoms with E-state index in [0.29, 0.717) is 6.42 Å². The van der Waals surface area contributed by atoms with Gasteiger partial charge in [-0.05, 0) is 48.8 Å². The number of nitrogens with two attached hydrogens (primary N) is 1. The van der Waals surface area contributed by atoms with E-state index in [1.165, 1.54) is 36.0 Å². The Morgan fingerprint density at radius 2 is 1.95 bits per heavy atom. The summed E-state index contributed by atoms with van der Waals surface area (Å²) in [6.07, 6.45) is 4.39. The number of primary amides is 1. The molecule has 1 amide bonds. The van der Waals surface area contributed by atoms with Gasteiger partial charge in [0.15, 0.2) is 0 Å². The highest BCUT2D eigenvalue weighted by Crippen LogP contribution is 2.29. The highest BCUT2D eigenvalue weighted by molar-refractivity contribution is 5.79. The van der Waals surface area contributed by atoms with Gasteiger partial charge in [0.05, 0.1) is 0 Å². The molecule has 0 saturated heterocycles. The molecule has 3 nitrogen and oxygen atoms in total. The molecule has 1 aliphatic carbocycles. The summed E-state index contributed by atoms with van der Waals surface area (Å²) in [7, 11) is 0. The Balaban J connectivity index is 2.17. The van der Waals surface area contributed by atoms with Crippen LogP contribution in [-0.2, 0) is 24.1 Å². The van der Waals surface area contributed by atoms with Crippen molar-refractivity contribution in [1.29, 1.82) is 0 Å². The van der Waals surface area contributed by atoms with Crippen LogP contribution in [0.15, 0.2) is 18.2 Å². The zero-order chi connectivity index (χ0) is 14.0. The number of aliphatic hydroxyl groups is 1. The molecule has 3 heteroatoms. The topological polar surface area (TPSA) is 63.3 Å². The smallest absolute Gasteiger partial charge is 0.246 e. The number of carbonyl (C=O) groups is 1. The zero-order valence-corrected chi connectivity index (χ0v) is 11.8. The van der Waals surface area contributed by atoms with Crippen LogP contribution in [0.25, 0.3) is 0 Å². The molecule has 1 aliphatic rings. The minimum absolute atomic E-state index is 0.533. The second kappa shape index (κ2) is 5.33. The van der Waals surface area contributed by atoms with Crippen LogP contribution in [0.2, 0.25) is 0 Å². The number of rotatable bonds is 4. The van der Waals surface area contributed by atoms with Gasteiger partial charge in [0, 0.05) is 5.41 Å². The summed E-state index contributed by atoms with van der Waals surface area (Å²) in [6, 6.07) is 6.53. The predicted molar refractivity (Wildman–Crippen MR) is 75.8 cm³/mol. The van der Waals surface area contributed by atoms with Gasteiger partial charge in [-0.25, -0.2) is 0 Å². The summed E-state index contributed by atoms with van der Waals surface area (Å²) in [5.41, 5.74) is 8.71. The van der Waals surface area contributed by atoms with Crippen LogP contribution >= 0.6 is 0 Å². The zero-order valence-electron chi connectivity index (χ0n) is 11.8. The third-order valence-corrected chi connectivity index (χ3v) is 4.08. The van der Waals surface area contributed by atoms with Crippen molar-refractivity contribution in [1.82, 2.24) is 0 Å². The molecule has 3 N–H and O–H groups in total. The van der Waals surface area contributed by atoms with E-state index in [-0.39, 0.29) is 0 Å². The highest BCUT2D eigenvalue weighted by Gasteiger charge is 2.32. The van der Waals surface area contributed by atoms with E-state index >= 15 is 0 Å². The Labute approximate surface area is 114 Å². The molecule has 0 aliphatic heterocycles. The number of fused-ring (bicyclic) bond motifs is 1. The SMILES string of the molecule is CC(C)(Cc1ccc2c(c1)CCCC2)C(O)C(N)=O. The third kappa shape index (κ3) is 3.16. The molecule has 0 aromatic heterocycles. The van der Waals surface area contributed by atoms with Crippen LogP contribution < -0.4 is 5.73 Å². The average Bonchev–Trinajstić information content (AvgIpc) is 2.37. The Morgan fingerprint density at radius 1 is 1.32 bits per heavy atom. The maximum Gasteiger partial charge on any atom is 0.246 e. The third-order valence-electron chi connectivity index (χ3n) is 4.08. The maximum absolute atomic E-state index is 11.1. The number of aryl methyl sites for hydroxylation is 2. The van der Waals surface area contributed by atoms with Crippen LogP contribution in [0.5, 0.6) is 0 Å². The van der Waals surface area contributed by atoms with E-state index in [0.717, 1.165) is 6.42 Å². The first-order valence-corrected chi connectivity index (χ1v) is 6.98. The first-order valence-electron chi connectivity index (χ1n) is 6.98. The summed E-state index contributed by atoms with van der Waals surface area (Å²) in [4.78, 5) is 11.1. The van der Waals surface area contributed by atoms with Crippen molar-refractivity contribution >= 4 is 5.91 Å². The van der Waals surface area contributed by atoms with Crippen molar-refractivity contribution in [3.8, 4) is 0 Å². The van der Waals surface area contributed by atoms with Crippen LogP contribution in [-0.4, -0.2) is 17.1 Å². The number of benzene rings is 1. The minimum Gasteiger partial charge on any atom is -0.383 e. The number of carbonyl (C=O) groups excluding carboxylic acids is 1. The molecule has 1 atom stereocenters. The largest absolute Gasteiger partial charge is 0.383 e. The summed E-state index contributed by atoms with van der Waals surface area (Å²) >= 11 is 0. The summed E-state index contributed by atoms with van der Waals surface area (Å²) in [5.74, 6) is -0.650. The second-order valence-corrected chi connectivity index (χ2v) is 6.28. The number of hydrogen-bond acceptors (Lipinski definition) is 2. The molecular weight excluding hydrogens is 238 g/mol. The van der Waals surface area contributed by atoms with E-state index in [4.69, 9.17) is 5.73 Å². The molecule has 0 spiro atoms. The van der Waals surface area contributed by atoms with Gasteiger partial charge in [-0.15, -0.1) is 0 Å². The first kappa shape index (κ1) is 14.1. The van der Waals surface area contributed by atoms with Gasteiger partial charge in [0.25, 0.3) is 0 Å². The van der Waals surface area contributed by atoms with Crippen molar-refractivity contribution in [2.24, 2.45) is 11.1 Å². The molecular formula is C16H23NO2. The van der Waals surface area contributed by atoms with Crippen LogP contribution in [0.1, 0.15) is 43.4 Å². The van der Waals surface area contributed by atoms with Crippen LogP contribution in [0.4, 0.5) is 0 Å². The van der Waals surface area contributed by atoms with Crippen molar-refractivity contribution in [2.75, 3.05) is 0 Å². The fraction of sp³-hybridized carbons (Fsp3) is 0.562. The summed E-state index contributed by atoms with van der Waals surface area (Å²) in [5, 5.41) is 9.88. The van der Waals surface area contributed by atoms with Crippen LogP contribution in [0.3, 0.4) is 0 Å². The monoisotopic (exact) mass is 261 g/mol. The Morgan fingerprint density at radius 3 is 2.58 bits per heavy atom. The fourth-order valence-electron chi connectivity index (χ4n) is 2.90. The lowest BCUT2D eigenvalue weighted by Gasteiger charge is -2.29. The Hall–Kier alpha value is -1.35. The molecule has 0 radical (unpaired) electrons. The quantitative estimate of drug-likeness (QED) is 0.870. The molecule has 104 valence electrons. The summed E-state index contributed by atoms with van der Waals surface area (Å²) in [6.45, 7) is 3.75. The van der Waals surface area contributed by atoms with Gasteiger partial charge in [-0.1, -0.05) is 32.0 Å². The first-order chi connectivity index (χ1) is 8.90. The molecule has 1 unspecified atom stereocenters. The average molecular weight is 261 g/mol. The van der Waals surface area contributed by atoms with Gasteiger partial charge in [-0.3, -0.25) is 4.79 Å². The van der Waals surface area contributed by atoms with Gasteiger partial charge < -0.3 is 10.8 Å². The van der Waals surface area contributed by atoms with Crippen molar-refractivity contribution in [3.63, 3.8) is 0 Å². The van der Waals surface area contributed by atoms with E-state index in [2.05, 4.69) is 18.2 Å². The van der Waals surface area contributed by atoms with E-state index in [9.17, 15) is 9.90 Å². The summed E-state index contributed by atoms with van der Waals surface area (Å²) < 4.78 is 0. The normalized spacial score (nSPS) is 16.8. The molecule has 1 aromatic rings. The predicted octanol–water partition coefficient (Wildman–Crippen LogP) is 1.98. The second-order valence-electron chi connectivity index (χ2n) is 6.28. The molecule has 0 fully saturated rings. The van der Waals surface area contributed by atoms with E-state index in [1.54, 1.807) is 0 Å². The van der Waals surface area contributed by atoms with Crippen molar-refractivity contribution in [3.05, 3.63) is 34.9 Å². The van der Waals surface area contributed by atoms with Gasteiger partial charge in [0.1, 0.15) is 6.10 Å². The van der Waals surface area contributed by atoms with Gasteiger partial charge in [-0.2, -0.15) is 0 Å². The lowest BCUT2D eigenvalue weighted by atomic mass is 9.79. The van der Waals surface area contributed by atoms with Crippen LogP contribution in [0, 0.1) is 5.41 Å². The Bertz CT molecular complexity index is 480. The number of hydrogen-bond donors (Lipinski definition) is 2. The van der Waals surface area contributed by atoms with Crippen molar-refractivity contribution in [2.45, 2.75) is 52.1 Å². The van der Waals surface area contributed by atoms with Gasteiger partial charge >= 0.3 is 0 Å². The fourth-order valence-corrected chi connectivity index (χ4v) is 2.90. The minimum atomic E-state index is -1.11. The van der Waals surface area contributed by atoms with Crippen molar-refractivity contribution < 1.29 is 9.90 Å². The molecule has 19 heavy (non-hydrogen) atoms. The van der Waals surface area contributed by atoms with E-state index < -0.39 is 17.4 Å². The molecule has 1 aromatic carbocycles. The Kier molecular flexibility index (Phi) is 3.95. The van der Waals surface area contributed by atoms with E-state index in [1.807, 2.05) is 13.8 Å². The molecule has 2 rings (SSSR count). The number of aliphatic hydroxyl groups excluding tert-OH is 1. The number of amides is 1. The standard InChI is InChI=1S/C16H23NO2/c1-16(2,14(18)15(17)19)10-11-7-8-12-5-3-4-6-13(12)9-11/h7-9,14,18H,3-6,10H2,1-2H3,(H2,17,19). The molecule has 0 bridgehead atoms. The molecule has 0 heterocycles. The lowest BCUT2D eigenvalue weighted by Crippen LogP contribution is -2.42. The van der Waals surface area contributed by atoms with Gasteiger partial charge in [0.2, 0.25) is 5.91 Å². The highest BCUT2D eigenvalue weighted by atomic mass is 16.3. The molecule has 0 saturated carbocycles.